The van der Waals surface area contributed by atoms with Gasteiger partial charge in [0, 0.05) is 11.5 Å². The first-order valence-electron chi connectivity index (χ1n) is 12.5. The highest BCUT2D eigenvalue weighted by Gasteiger charge is 2.16. The van der Waals surface area contributed by atoms with E-state index in [9.17, 15) is 4.79 Å². The molecule has 0 aliphatic carbocycles. The van der Waals surface area contributed by atoms with E-state index in [1.165, 1.54) is 5.57 Å². The first-order valence-corrected chi connectivity index (χ1v) is 12.5. The number of ether oxygens (including phenoxy) is 1. The van der Waals surface area contributed by atoms with Crippen molar-refractivity contribution >= 4 is 34.1 Å². The van der Waals surface area contributed by atoms with Gasteiger partial charge in [0.05, 0.1) is 11.7 Å². The first-order chi connectivity index (χ1) is 18.5. The first kappa shape index (κ1) is 24.8. The number of allylic oxidation sites excluding steroid dienone is 1. The maximum Gasteiger partial charge on any atom is 0.328 e. The average molecular weight is 501 g/mol. The molecule has 188 valence electrons. The molecular formula is C33H28N2O3. The van der Waals surface area contributed by atoms with Crippen LogP contribution in [0, 0.1) is 6.92 Å². The zero-order valence-electron chi connectivity index (χ0n) is 21.3. The standard InChI is InChI=1S/C33H28N2O3/c1-3-29(30-16-15-28(19-22(30)2)38-27-7-5-4-6-8-27)33(25-14-17-31-26(20-25)21-34-35-31)24-12-9-23(10-13-24)11-18-32(36)37/h4-21H,3H2,1-2H3,(H,34,35)(H,36,37). The summed E-state index contributed by atoms with van der Waals surface area (Å²) in [6, 6.07) is 30.3. The Hall–Kier alpha value is -4.90. The molecule has 0 aliphatic rings. The van der Waals surface area contributed by atoms with Gasteiger partial charge in [0.25, 0.3) is 0 Å². The molecule has 5 aromatic rings. The van der Waals surface area contributed by atoms with E-state index in [1.54, 1.807) is 6.08 Å². The van der Waals surface area contributed by atoms with Crippen molar-refractivity contribution in [2.24, 2.45) is 0 Å². The van der Waals surface area contributed by atoms with E-state index in [4.69, 9.17) is 9.84 Å². The van der Waals surface area contributed by atoms with Crippen LogP contribution in [0.2, 0.25) is 0 Å². The van der Waals surface area contributed by atoms with Crippen molar-refractivity contribution in [3.05, 3.63) is 131 Å². The topological polar surface area (TPSA) is 75.2 Å². The van der Waals surface area contributed by atoms with Crippen LogP contribution < -0.4 is 4.74 Å². The lowest BCUT2D eigenvalue weighted by molar-refractivity contribution is -0.131. The maximum atomic E-state index is 11.0. The number of carboxylic acids is 1. The number of para-hydroxylation sites is 1. The van der Waals surface area contributed by atoms with Crippen LogP contribution in [0.15, 0.2) is 103 Å². The van der Waals surface area contributed by atoms with Gasteiger partial charge in [-0.2, -0.15) is 5.10 Å². The van der Waals surface area contributed by atoms with Crippen LogP contribution in [0.25, 0.3) is 28.1 Å². The summed E-state index contributed by atoms with van der Waals surface area (Å²) in [6.45, 7) is 4.28. The second-order valence-electron chi connectivity index (χ2n) is 9.06. The number of aliphatic carboxylic acids is 1. The number of aromatic nitrogens is 2. The van der Waals surface area contributed by atoms with Crippen molar-refractivity contribution in [3.8, 4) is 11.5 Å². The van der Waals surface area contributed by atoms with E-state index in [0.717, 1.165) is 68.3 Å². The average Bonchev–Trinajstić information content (AvgIpc) is 3.40. The predicted octanol–water partition coefficient (Wildman–Crippen LogP) is 8.13. The molecule has 5 heteroatoms. The quantitative estimate of drug-likeness (QED) is 0.167. The SMILES string of the molecule is CCC(=C(c1ccc(C=CC(=O)O)cc1)c1ccc2[nH]ncc2c1)c1ccc(Oc2ccccc2)cc1C. The predicted molar refractivity (Wildman–Crippen MR) is 153 cm³/mol. The molecule has 0 aliphatic heterocycles. The minimum absolute atomic E-state index is 0.795. The molecule has 0 atom stereocenters. The number of benzene rings is 4. The Balaban J connectivity index is 1.62. The number of aryl methyl sites for hydroxylation is 1. The number of fused-ring (bicyclic) bond motifs is 1. The second-order valence-corrected chi connectivity index (χ2v) is 9.06. The highest BCUT2D eigenvalue weighted by molar-refractivity contribution is 6.01. The Kier molecular flexibility index (Phi) is 7.18. The lowest BCUT2D eigenvalue weighted by Gasteiger charge is -2.19. The van der Waals surface area contributed by atoms with Gasteiger partial charge in [0.1, 0.15) is 11.5 Å². The van der Waals surface area contributed by atoms with Gasteiger partial charge in [-0.15, -0.1) is 0 Å². The van der Waals surface area contributed by atoms with Gasteiger partial charge in [-0.25, -0.2) is 4.79 Å². The molecule has 0 spiro atoms. The van der Waals surface area contributed by atoms with Crippen LogP contribution in [0.1, 0.15) is 41.2 Å². The largest absolute Gasteiger partial charge is 0.478 e. The normalized spacial score (nSPS) is 12.1. The molecule has 4 aromatic carbocycles. The van der Waals surface area contributed by atoms with Gasteiger partial charge in [-0.05, 0) is 94.8 Å². The fourth-order valence-electron chi connectivity index (χ4n) is 4.71. The van der Waals surface area contributed by atoms with Gasteiger partial charge in [0.2, 0.25) is 0 Å². The third-order valence-corrected chi connectivity index (χ3v) is 6.50. The molecular weight excluding hydrogens is 472 g/mol. The monoisotopic (exact) mass is 500 g/mol. The van der Waals surface area contributed by atoms with Gasteiger partial charge >= 0.3 is 5.97 Å². The van der Waals surface area contributed by atoms with Crippen molar-refractivity contribution in [1.29, 1.82) is 0 Å². The zero-order chi connectivity index (χ0) is 26.5. The Morgan fingerprint density at radius 3 is 2.39 bits per heavy atom. The summed E-state index contributed by atoms with van der Waals surface area (Å²) in [5.74, 6) is 0.632. The molecule has 2 N–H and O–H groups in total. The fourth-order valence-corrected chi connectivity index (χ4v) is 4.71. The lowest BCUT2D eigenvalue weighted by atomic mass is 9.86. The molecule has 5 nitrogen and oxygen atoms in total. The third kappa shape index (κ3) is 5.42. The van der Waals surface area contributed by atoms with E-state index < -0.39 is 5.97 Å². The molecule has 0 saturated heterocycles. The Morgan fingerprint density at radius 1 is 0.921 bits per heavy atom. The van der Waals surface area contributed by atoms with Crippen molar-refractivity contribution in [1.82, 2.24) is 10.2 Å². The highest BCUT2D eigenvalue weighted by Crippen LogP contribution is 2.38. The molecule has 0 radical (unpaired) electrons. The van der Waals surface area contributed by atoms with E-state index in [0.29, 0.717) is 0 Å². The summed E-state index contributed by atoms with van der Waals surface area (Å²) in [5, 5.41) is 17.2. The summed E-state index contributed by atoms with van der Waals surface area (Å²) >= 11 is 0. The molecule has 5 rings (SSSR count). The van der Waals surface area contributed by atoms with Crippen LogP contribution >= 0.6 is 0 Å². The van der Waals surface area contributed by atoms with Gasteiger partial charge < -0.3 is 9.84 Å². The van der Waals surface area contributed by atoms with Gasteiger partial charge in [-0.3, -0.25) is 5.10 Å². The molecule has 1 heterocycles. The molecule has 0 bridgehead atoms. The van der Waals surface area contributed by atoms with Crippen LogP contribution in [-0.4, -0.2) is 21.3 Å². The number of carbonyl (C=O) groups is 1. The number of aromatic amines is 1. The molecule has 1 aromatic heterocycles. The van der Waals surface area contributed by atoms with Gasteiger partial charge in [0.15, 0.2) is 0 Å². The molecule has 0 amide bonds. The summed E-state index contributed by atoms with van der Waals surface area (Å²) in [6.07, 6.45) is 5.41. The summed E-state index contributed by atoms with van der Waals surface area (Å²) < 4.78 is 6.07. The van der Waals surface area contributed by atoms with E-state index in [1.807, 2.05) is 66.9 Å². The number of carboxylic acid groups (broad SMARTS) is 1. The Morgan fingerprint density at radius 2 is 1.68 bits per heavy atom. The fraction of sp³-hybridized carbons (Fsp3) is 0.0909. The smallest absolute Gasteiger partial charge is 0.328 e. The maximum absolute atomic E-state index is 11.0. The minimum atomic E-state index is -0.966. The number of H-pyrrole nitrogens is 1. The van der Waals surface area contributed by atoms with Crippen molar-refractivity contribution in [3.63, 3.8) is 0 Å². The second kappa shape index (κ2) is 11.0. The number of hydrogen-bond donors (Lipinski definition) is 2. The zero-order valence-corrected chi connectivity index (χ0v) is 21.3. The summed E-state index contributed by atoms with van der Waals surface area (Å²) in [7, 11) is 0. The highest BCUT2D eigenvalue weighted by atomic mass is 16.5. The Bertz CT molecular complexity index is 1650. The van der Waals surface area contributed by atoms with Crippen LogP contribution in [0.3, 0.4) is 0 Å². The van der Waals surface area contributed by atoms with Gasteiger partial charge in [-0.1, -0.05) is 61.5 Å². The van der Waals surface area contributed by atoms with Crippen molar-refractivity contribution in [2.45, 2.75) is 20.3 Å². The van der Waals surface area contributed by atoms with Crippen LogP contribution in [-0.2, 0) is 4.79 Å². The van der Waals surface area contributed by atoms with Crippen LogP contribution in [0.5, 0.6) is 11.5 Å². The molecule has 0 unspecified atom stereocenters. The number of nitrogens with one attached hydrogen (secondary N) is 1. The molecule has 38 heavy (non-hydrogen) atoms. The van der Waals surface area contributed by atoms with Crippen molar-refractivity contribution in [2.75, 3.05) is 0 Å². The third-order valence-electron chi connectivity index (χ3n) is 6.50. The van der Waals surface area contributed by atoms with Crippen LogP contribution in [0.4, 0.5) is 0 Å². The minimum Gasteiger partial charge on any atom is -0.478 e. The summed E-state index contributed by atoms with van der Waals surface area (Å²) in [4.78, 5) is 11.0. The number of hydrogen-bond acceptors (Lipinski definition) is 3. The van der Waals surface area contributed by atoms with E-state index in [2.05, 4.69) is 54.4 Å². The Labute approximate surface area is 221 Å². The summed E-state index contributed by atoms with van der Waals surface area (Å²) in [5.41, 5.74) is 8.59. The molecule has 0 saturated carbocycles. The number of rotatable bonds is 8. The molecule has 0 fully saturated rings. The number of nitrogens with zero attached hydrogens (tertiary/aromatic N) is 1. The van der Waals surface area contributed by atoms with Crippen molar-refractivity contribution < 1.29 is 14.6 Å². The van der Waals surface area contributed by atoms with E-state index in [-0.39, 0.29) is 0 Å². The lowest BCUT2D eigenvalue weighted by Crippen LogP contribution is -1.98. The van der Waals surface area contributed by atoms with E-state index >= 15 is 0 Å².